The predicted molar refractivity (Wildman–Crippen MR) is 101 cm³/mol. The minimum atomic E-state index is -5.68. The third-order valence-corrected chi connectivity index (χ3v) is 4.54. The molecule has 0 unspecified atom stereocenters. The van der Waals surface area contributed by atoms with E-state index in [0.29, 0.717) is 6.42 Å². The number of aryl methyl sites for hydroxylation is 1. The Bertz CT molecular complexity index is 786. The van der Waals surface area contributed by atoms with Gasteiger partial charge in [0.25, 0.3) is 5.60 Å². The average molecular weight is 434 g/mol. The van der Waals surface area contributed by atoms with Gasteiger partial charge in [-0.25, -0.2) is 0 Å². The first kappa shape index (κ1) is 24.1. The highest BCUT2D eigenvalue weighted by atomic mass is 19.4. The Morgan fingerprint density at radius 3 is 1.97 bits per heavy atom. The SMILES string of the molecule is CCCOC(c1ccc(OCc2ccccc2)c(CCC)c1)(C(F)(F)F)C(F)(F)F. The van der Waals surface area contributed by atoms with E-state index in [4.69, 9.17) is 4.74 Å². The molecule has 2 aromatic carbocycles. The molecular weight excluding hydrogens is 410 g/mol. The van der Waals surface area contributed by atoms with Gasteiger partial charge in [0.2, 0.25) is 0 Å². The van der Waals surface area contributed by atoms with E-state index in [1.54, 1.807) is 19.1 Å². The normalized spacial score (nSPS) is 12.8. The Hall–Kier alpha value is -2.22. The van der Waals surface area contributed by atoms with Gasteiger partial charge in [-0.1, -0.05) is 56.7 Å². The summed E-state index contributed by atoms with van der Waals surface area (Å²) in [6.07, 6.45) is -10.6. The molecule has 0 fully saturated rings. The summed E-state index contributed by atoms with van der Waals surface area (Å²) in [7, 11) is 0. The summed E-state index contributed by atoms with van der Waals surface area (Å²) < 4.78 is 92.9. The van der Waals surface area contributed by atoms with Crippen LogP contribution in [0.4, 0.5) is 26.3 Å². The lowest BCUT2D eigenvalue weighted by Gasteiger charge is -2.37. The van der Waals surface area contributed by atoms with Crippen molar-refractivity contribution in [2.75, 3.05) is 6.61 Å². The van der Waals surface area contributed by atoms with Crippen LogP contribution >= 0.6 is 0 Å². The van der Waals surface area contributed by atoms with Crippen LogP contribution in [0, 0.1) is 0 Å². The lowest BCUT2D eigenvalue weighted by Crippen LogP contribution is -2.56. The fourth-order valence-corrected chi connectivity index (χ4v) is 3.13. The van der Waals surface area contributed by atoms with Crippen molar-refractivity contribution in [3.8, 4) is 5.75 Å². The summed E-state index contributed by atoms with van der Waals surface area (Å²) in [6, 6.07) is 11.9. The summed E-state index contributed by atoms with van der Waals surface area (Å²) in [6.45, 7) is 2.68. The fraction of sp³-hybridized carbons (Fsp3) is 0.455. The van der Waals surface area contributed by atoms with Crippen molar-refractivity contribution < 1.29 is 35.8 Å². The monoisotopic (exact) mass is 434 g/mol. The first-order valence-electron chi connectivity index (χ1n) is 9.64. The van der Waals surface area contributed by atoms with Crippen molar-refractivity contribution in [3.05, 3.63) is 65.2 Å². The zero-order valence-corrected chi connectivity index (χ0v) is 16.7. The van der Waals surface area contributed by atoms with Crippen molar-refractivity contribution in [1.82, 2.24) is 0 Å². The molecule has 0 spiro atoms. The molecule has 0 saturated carbocycles. The molecule has 2 nitrogen and oxygen atoms in total. The van der Waals surface area contributed by atoms with E-state index in [2.05, 4.69) is 4.74 Å². The van der Waals surface area contributed by atoms with Crippen LogP contribution in [0.2, 0.25) is 0 Å². The first-order chi connectivity index (χ1) is 14.1. The second kappa shape index (κ2) is 9.73. The molecule has 0 aromatic heterocycles. The van der Waals surface area contributed by atoms with Gasteiger partial charge in [0, 0.05) is 12.2 Å². The zero-order valence-electron chi connectivity index (χ0n) is 16.7. The molecule has 166 valence electrons. The van der Waals surface area contributed by atoms with Crippen LogP contribution in [-0.4, -0.2) is 19.0 Å². The topological polar surface area (TPSA) is 18.5 Å². The summed E-state index contributed by atoms with van der Waals surface area (Å²) in [5.74, 6) is 0.248. The Labute approximate surface area is 171 Å². The molecule has 0 heterocycles. The molecule has 0 saturated heterocycles. The highest BCUT2D eigenvalue weighted by Gasteiger charge is 2.73. The number of ether oxygens (including phenoxy) is 2. The van der Waals surface area contributed by atoms with Crippen molar-refractivity contribution in [2.24, 2.45) is 0 Å². The van der Waals surface area contributed by atoms with Crippen LogP contribution in [0.15, 0.2) is 48.5 Å². The number of benzene rings is 2. The Balaban J connectivity index is 2.50. The highest BCUT2D eigenvalue weighted by molar-refractivity contribution is 5.41. The third-order valence-electron chi connectivity index (χ3n) is 4.54. The molecule has 8 heteroatoms. The summed E-state index contributed by atoms with van der Waals surface area (Å²) in [5, 5.41) is 0. The van der Waals surface area contributed by atoms with Crippen LogP contribution < -0.4 is 4.74 Å². The molecule has 0 amide bonds. The van der Waals surface area contributed by atoms with Gasteiger partial charge in [-0.15, -0.1) is 0 Å². The molecule has 0 aliphatic rings. The molecule has 0 aliphatic heterocycles. The van der Waals surface area contributed by atoms with Gasteiger partial charge in [-0.2, -0.15) is 26.3 Å². The molecule has 2 rings (SSSR count). The highest BCUT2D eigenvalue weighted by Crippen LogP contribution is 2.53. The second-order valence-electron chi connectivity index (χ2n) is 6.87. The summed E-state index contributed by atoms with van der Waals surface area (Å²) in [5.41, 5.74) is -4.29. The van der Waals surface area contributed by atoms with Gasteiger partial charge in [-0.05, 0) is 36.1 Å². The first-order valence-corrected chi connectivity index (χ1v) is 9.64. The van der Waals surface area contributed by atoms with Crippen molar-refractivity contribution in [1.29, 1.82) is 0 Å². The quantitative estimate of drug-likeness (QED) is 0.397. The Kier molecular flexibility index (Phi) is 7.80. The fourth-order valence-electron chi connectivity index (χ4n) is 3.13. The van der Waals surface area contributed by atoms with E-state index in [1.165, 1.54) is 6.92 Å². The maximum absolute atomic E-state index is 13.8. The van der Waals surface area contributed by atoms with Crippen LogP contribution in [0.1, 0.15) is 43.4 Å². The van der Waals surface area contributed by atoms with E-state index in [0.717, 1.165) is 23.8 Å². The lowest BCUT2D eigenvalue weighted by atomic mass is 9.89. The van der Waals surface area contributed by atoms with Gasteiger partial charge in [0.1, 0.15) is 12.4 Å². The smallest absolute Gasteiger partial charge is 0.430 e. The largest absolute Gasteiger partial charge is 0.489 e. The lowest BCUT2D eigenvalue weighted by molar-refractivity contribution is -0.389. The van der Waals surface area contributed by atoms with Gasteiger partial charge >= 0.3 is 12.4 Å². The van der Waals surface area contributed by atoms with Crippen LogP contribution in [0.5, 0.6) is 5.75 Å². The predicted octanol–water partition coefficient (Wildman–Crippen LogP) is 6.96. The van der Waals surface area contributed by atoms with E-state index >= 15 is 0 Å². The maximum Gasteiger partial charge on any atom is 0.430 e. The van der Waals surface area contributed by atoms with E-state index in [-0.39, 0.29) is 30.8 Å². The maximum atomic E-state index is 13.8. The summed E-state index contributed by atoms with van der Waals surface area (Å²) in [4.78, 5) is 0. The van der Waals surface area contributed by atoms with Crippen molar-refractivity contribution >= 4 is 0 Å². The molecule has 0 radical (unpaired) electrons. The van der Waals surface area contributed by atoms with Crippen molar-refractivity contribution in [2.45, 2.75) is 57.7 Å². The molecule has 30 heavy (non-hydrogen) atoms. The van der Waals surface area contributed by atoms with Gasteiger partial charge in [-0.3, -0.25) is 0 Å². The molecule has 0 bridgehead atoms. The molecule has 0 atom stereocenters. The minimum absolute atomic E-state index is 0.00793. The number of hydrogen-bond donors (Lipinski definition) is 0. The molecular formula is C22H24F6O2. The number of rotatable bonds is 9. The third kappa shape index (κ3) is 5.09. The van der Waals surface area contributed by atoms with E-state index in [9.17, 15) is 26.3 Å². The second-order valence-corrected chi connectivity index (χ2v) is 6.87. The van der Waals surface area contributed by atoms with Gasteiger partial charge in [0.05, 0.1) is 0 Å². The van der Waals surface area contributed by atoms with Crippen LogP contribution in [0.25, 0.3) is 0 Å². The van der Waals surface area contributed by atoms with Crippen molar-refractivity contribution in [3.63, 3.8) is 0 Å². The van der Waals surface area contributed by atoms with E-state index in [1.807, 2.05) is 18.2 Å². The Morgan fingerprint density at radius 2 is 1.43 bits per heavy atom. The number of alkyl halides is 6. The van der Waals surface area contributed by atoms with Gasteiger partial charge < -0.3 is 9.47 Å². The average Bonchev–Trinajstić information content (AvgIpc) is 2.67. The standard InChI is InChI=1S/C22H24F6O2/c1-3-8-17-14-18(11-12-19(17)29-15-16-9-6-5-7-10-16)20(21(23,24)25,22(26,27)28)30-13-4-2/h5-7,9-12,14H,3-4,8,13,15H2,1-2H3. The van der Waals surface area contributed by atoms with Gasteiger partial charge in [0.15, 0.2) is 0 Å². The minimum Gasteiger partial charge on any atom is -0.489 e. The zero-order chi connectivity index (χ0) is 22.4. The molecule has 2 aromatic rings. The van der Waals surface area contributed by atoms with E-state index < -0.39 is 30.1 Å². The number of halogens is 6. The summed E-state index contributed by atoms with van der Waals surface area (Å²) >= 11 is 0. The Morgan fingerprint density at radius 1 is 0.800 bits per heavy atom. The van der Waals surface area contributed by atoms with Crippen LogP contribution in [0.3, 0.4) is 0 Å². The van der Waals surface area contributed by atoms with Crippen LogP contribution in [-0.2, 0) is 23.4 Å². The molecule has 0 aliphatic carbocycles. The number of hydrogen-bond acceptors (Lipinski definition) is 2. The molecule has 0 N–H and O–H groups in total.